The van der Waals surface area contributed by atoms with Crippen molar-refractivity contribution < 1.29 is 13.9 Å². The number of anilines is 1. The summed E-state index contributed by atoms with van der Waals surface area (Å²) >= 11 is 3.11. The smallest absolute Gasteiger partial charge is 0.255 e. The molecule has 0 aromatic heterocycles. The number of carbonyl (C=O) groups excluding carboxylic acids is 1. The van der Waals surface area contributed by atoms with E-state index in [9.17, 15) is 9.18 Å². The molecule has 0 heterocycles. The molecule has 5 heteroatoms. The van der Waals surface area contributed by atoms with E-state index in [0.717, 1.165) is 5.56 Å². The average Bonchev–Trinajstić information content (AvgIpc) is 2.46. The van der Waals surface area contributed by atoms with E-state index in [1.54, 1.807) is 37.3 Å². The van der Waals surface area contributed by atoms with Gasteiger partial charge in [-0.3, -0.25) is 4.79 Å². The third-order valence-corrected chi connectivity index (χ3v) is 3.55. The fourth-order valence-corrected chi connectivity index (χ4v) is 2.30. The van der Waals surface area contributed by atoms with Gasteiger partial charge in [0.1, 0.15) is 11.6 Å². The van der Waals surface area contributed by atoms with Gasteiger partial charge >= 0.3 is 0 Å². The number of ether oxygens (including phenoxy) is 1. The lowest BCUT2D eigenvalue weighted by Gasteiger charge is -2.10. The van der Waals surface area contributed by atoms with Gasteiger partial charge < -0.3 is 10.1 Å². The topological polar surface area (TPSA) is 38.3 Å². The number of hydrogen-bond acceptors (Lipinski definition) is 2. The van der Waals surface area contributed by atoms with Crippen LogP contribution in [0.3, 0.4) is 0 Å². The van der Waals surface area contributed by atoms with Crippen molar-refractivity contribution in [2.45, 2.75) is 13.8 Å². The van der Waals surface area contributed by atoms with Crippen molar-refractivity contribution in [3.63, 3.8) is 0 Å². The van der Waals surface area contributed by atoms with Gasteiger partial charge in [-0.1, -0.05) is 0 Å². The lowest BCUT2D eigenvalue weighted by atomic mass is 10.1. The first kappa shape index (κ1) is 15.5. The summed E-state index contributed by atoms with van der Waals surface area (Å²) in [6.07, 6.45) is 0. The summed E-state index contributed by atoms with van der Waals surface area (Å²) < 4.78 is 19.2. The van der Waals surface area contributed by atoms with E-state index >= 15 is 0 Å². The zero-order valence-corrected chi connectivity index (χ0v) is 13.3. The molecule has 2 rings (SSSR count). The Morgan fingerprint density at radius 1 is 1.29 bits per heavy atom. The van der Waals surface area contributed by atoms with Crippen molar-refractivity contribution in [1.82, 2.24) is 0 Å². The summed E-state index contributed by atoms with van der Waals surface area (Å²) in [7, 11) is 0. The normalized spacial score (nSPS) is 10.3. The Labute approximate surface area is 131 Å². The van der Waals surface area contributed by atoms with Crippen LogP contribution in [-0.2, 0) is 0 Å². The van der Waals surface area contributed by atoms with E-state index in [0.29, 0.717) is 28.1 Å². The molecule has 0 saturated carbocycles. The van der Waals surface area contributed by atoms with Crippen LogP contribution in [0.1, 0.15) is 22.8 Å². The molecule has 21 heavy (non-hydrogen) atoms. The second-order valence-electron chi connectivity index (χ2n) is 4.49. The molecule has 0 aliphatic carbocycles. The number of carbonyl (C=O) groups is 1. The van der Waals surface area contributed by atoms with Crippen LogP contribution < -0.4 is 10.1 Å². The molecule has 0 radical (unpaired) electrons. The van der Waals surface area contributed by atoms with E-state index in [4.69, 9.17) is 4.74 Å². The zero-order valence-electron chi connectivity index (χ0n) is 11.7. The van der Waals surface area contributed by atoms with Gasteiger partial charge in [0, 0.05) is 11.3 Å². The maximum absolute atomic E-state index is 13.5. The second-order valence-corrected chi connectivity index (χ2v) is 5.35. The monoisotopic (exact) mass is 351 g/mol. The van der Waals surface area contributed by atoms with Crippen LogP contribution in [0.25, 0.3) is 0 Å². The average molecular weight is 352 g/mol. The van der Waals surface area contributed by atoms with E-state index in [-0.39, 0.29) is 5.91 Å². The summed E-state index contributed by atoms with van der Waals surface area (Å²) in [5.41, 5.74) is 1.72. The fourth-order valence-electron chi connectivity index (χ4n) is 1.84. The van der Waals surface area contributed by atoms with Crippen LogP contribution in [-0.4, -0.2) is 12.5 Å². The van der Waals surface area contributed by atoms with Gasteiger partial charge in [-0.2, -0.15) is 0 Å². The highest BCUT2D eigenvalue weighted by atomic mass is 79.9. The molecule has 0 saturated heterocycles. The third-order valence-electron chi connectivity index (χ3n) is 2.94. The lowest BCUT2D eigenvalue weighted by molar-refractivity contribution is 0.102. The molecule has 0 aliphatic rings. The number of aryl methyl sites for hydroxylation is 1. The number of benzene rings is 2. The van der Waals surface area contributed by atoms with E-state index in [1.807, 2.05) is 6.92 Å². The Morgan fingerprint density at radius 2 is 1.95 bits per heavy atom. The number of rotatable bonds is 4. The van der Waals surface area contributed by atoms with Crippen molar-refractivity contribution in [3.05, 3.63) is 57.8 Å². The minimum Gasteiger partial charge on any atom is -0.494 e. The van der Waals surface area contributed by atoms with Crippen LogP contribution in [0.15, 0.2) is 40.9 Å². The number of amides is 1. The summed E-state index contributed by atoms with van der Waals surface area (Å²) in [6, 6.07) is 9.73. The largest absolute Gasteiger partial charge is 0.494 e. The highest BCUT2D eigenvalue weighted by molar-refractivity contribution is 9.10. The quantitative estimate of drug-likeness (QED) is 0.877. The number of nitrogens with one attached hydrogen (secondary N) is 1. The molecule has 3 nitrogen and oxygen atoms in total. The van der Waals surface area contributed by atoms with Crippen molar-refractivity contribution in [1.29, 1.82) is 0 Å². The molecule has 1 N–H and O–H groups in total. The highest BCUT2D eigenvalue weighted by Crippen LogP contribution is 2.24. The van der Waals surface area contributed by atoms with Crippen molar-refractivity contribution in [3.8, 4) is 5.75 Å². The SMILES string of the molecule is CCOc1ccc(C(=O)Nc2cc(F)c(Br)cc2C)cc1. The van der Waals surface area contributed by atoms with E-state index < -0.39 is 5.82 Å². The molecule has 2 aromatic rings. The van der Waals surface area contributed by atoms with E-state index in [1.165, 1.54) is 6.07 Å². The van der Waals surface area contributed by atoms with Crippen LogP contribution in [0.2, 0.25) is 0 Å². The molecule has 1 amide bonds. The van der Waals surface area contributed by atoms with Crippen LogP contribution >= 0.6 is 15.9 Å². The zero-order chi connectivity index (χ0) is 15.4. The van der Waals surface area contributed by atoms with Gasteiger partial charge in [-0.05, 0) is 71.7 Å². The Kier molecular flexibility index (Phi) is 4.96. The van der Waals surface area contributed by atoms with Gasteiger partial charge in [0.2, 0.25) is 0 Å². The van der Waals surface area contributed by atoms with Crippen LogP contribution in [0.4, 0.5) is 10.1 Å². The molecule has 0 atom stereocenters. The molecule has 0 unspecified atom stereocenters. The number of halogens is 2. The van der Waals surface area contributed by atoms with Gasteiger partial charge in [0.05, 0.1) is 11.1 Å². The summed E-state index contributed by atoms with van der Waals surface area (Å²) in [5.74, 6) is 0.00498. The second kappa shape index (κ2) is 6.72. The minimum absolute atomic E-state index is 0.289. The van der Waals surface area contributed by atoms with Crippen LogP contribution in [0.5, 0.6) is 5.75 Å². The molecular weight excluding hydrogens is 337 g/mol. The maximum Gasteiger partial charge on any atom is 0.255 e. The Balaban J connectivity index is 2.16. The van der Waals surface area contributed by atoms with Gasteiger partial charge in [-0.15, -0.1) is 0 Å². The van der Waals surface area contributed by atoms with Crippen LogP contribution in [0, 0.1) is 12.7 Å². The third kappa shape index (κ3) is 3.82. The standard InChI is InChI=1S/C16H15BrFNO2/c1-3-21-12-6-4-11(5-7-12)16(20)19-15-9-14(18)13(17)8-10(15)2/h4-9H,3H2,1-2H3,(H,19,20). The minimum atomic E-state index is -0.414. The highest BCUT2D eigenvalue weighted by Gasteiger charge is 2.10. The summed E-state index contributed by atoms with van der Waals surface area (Å²) in [4.78, 5) is 12.1. The fraction of sp³-hybridized carbons (Fsp3) is 0.188. The Bertz CT molecular complexity index is 656. The molecular formula is C16H15BrFNO2. The number of hydrogen-bond donors (Lipinski definition) is 1. The Morgan fingerprint density at radius 3 is 2.57 bits per heavy atom. The first-order valence-electron chi connectivity index (χ1n) is 6.51. The van der Waals surface area contributed by atoms with E-state index in [2.05, 4.69) is 21.2 Å². The molecule has 2 aromatic carbocycles. The van der Waals surface area contributed by atoms with Gasteiger partial charge in [0.15, 0.2) is 0 Å². The predicted molar refractivity (Wildman–Crippen MR) is 84.4 cm³/mol. The first-order valence-corrected chi connectivity index (χ1v) is 7.30. The van der Waals surface area contributed by atoms with Gasteiger partial charge in [-0.25, -0.2) is 4.39 Å². The van der Waals surface area contributed by atoms with Crippen molar-refractivity contribution in [2.24, 2.45) is 0 Å². The van der Waals surface area contributed by atoms with Crippen molar-refractivity contribution >= 4 is 27.5 Å². The first-order chi connectivity index (χ1) is 10.0. The molecule has 0 bridgehead atoms. The maximum atomic E-state index is 13.5. The molecule has 0 spiro atoms. The predicted octanol–water partition coefficient (Wildman–Crippen LogP) is 4.55. The van der Waals surface area contributed by atoms with Crippen molar-refractivity contribution in [2.75, 3.05) is 11.9 Å². The lowest BCUT2D eigenvalue weighted by Crippen LogP contribution is -2.13. The summed E-state index contributed by atoms with van der Waals surface area (Å²) in [5, 5.41) is 2.71. The molecule has 110 valence electrons. The Hall–Kier alpha value is -1.88. The molecule has 0 fully saturated rings. The summed E-state index contributed by atoms with van der Waals surface area (Å²) in [6.45, 7) is 4.27. The molecule has 0 aliphatic heterocycles. The van der Waals surface area contributed by atoms with Gasteiger partial charge in [0.25, 0.3) is 5.91 Å².